The normalized spacial score (nSPS) is 9.94. The average molecular weight is 223 g/mol. The molecule has 1 N–H and O–H groups in total. The van der Waals surface area contributed by atoms with Crippen LogP contribution in [0.25, 0.3) is 0 Å². The van der Waals surface area contributed by atoms with Gasteiger partial charge in [0.15, 0.2) is 12.3 Å². The molecule has 0 aliphatic heterocycles. The molecule has 0 aliphatic rings. The number of ether oxygens (including phenoxy) is 1. The number of amides is 1. The number of nitrogens with one attached hydrogen (secondary N) is 1. The van der Waals surface area contributed by atoms with Crippen molar-refractivity contribution in [2.75, 3.05) is 6.61 Å². The molecule has 0 bridgehead atoms. The Morgan fingerprint density at radius 2 is 2.19 bits per heavy atom. The van der Waals surface area contributed by atoms with Gasteiger partial charge in [-0.1, -0.05) is 0 Å². The zero-order valence-corrected chi connectivity index (χ0v) is 9.14. The van der Waals surface area contributed by atoms with E-state index in [2.05, 4.69) is 15.3 Å². The molecule has 1 heterocycles. The van der Waals surface area contributed by atoms with E-state index >= 15 is 0 Å². The Hall–Kier alpha value is -1.98. The highest BCUT2D eigenvalue weighted by Gasteiger charge is 2.11. The number of hydrogen-bond donors (Lipinski definition) is 1. The van der Waals surface area contributed by atoms with Crippen molar-refractivity contribution in [3.8, 4) is 0 Å². The lowest BCUT2D eigenvalue weighted by molar-refractivity contribution is -0.124. The van der Waals surface area contributed by atoms with Gasteiger partial charge in [-0.2, -0.15) is 0 Å². The maximum atomic E-state index is 11.3. The predicted molar refractivity (Wildman–Crippen MR) is 55.6 cm³/mol. The standard InChI is InChI=1S/C10H13N3O3/c1-7(2)13-9(14)6-16-10(15)8-5-11-3-4-12-8/h3-5,7H,6H2,1-2H3,(H,13,14). The number of hydrogen-bond acceptors (Lipinski definition) is 5. The van der Waals surface area contributed by atoms with Crippen molar-refractivity contribution in [3.63, 3.8) is 0 Å². The largest absolute Gasteiger partial charge is 0.451 e. The van der Waals surface area contributed by atoms with Gasteiger partial charge in [0, 0.05) is 18.4 Å². The highest BCUT2D eigenvalue weighted by Crippen LogP contribution is 1.94. The molecule has 0 aliphatic carbocycles. The molecule has 0 aromatic carbocycles. The maximum absolute atomic E-state index is 11.3. The van der Waals surface area contributed by atoms with Gasteiger partial charge in [-0.15, -0.1) is 0 Å². The number of nitrogens with zero attached hydrogens (tertiary/aromatic N) is 2. The molecule has 1 rings (SSSR count). The fraction of sp³-hybridized carbons (Fsp3) is 0.400. The lowest BCUT2D eigenvalue weighted by atomic mass is 10.4. The van der Waals surface area contributed by atoms with E-state index in [9.17, 15) is 9.59 Å². The number of carbonyl (C=O) groups excluding carboxylic acids is 2. The smallest absolute Gasteiger partial charge is 0.359 e. The number of rotatable bonds is 4. The second-order valence-corrected chi connectivity index (χ2v) is 3.39. The molecule has 1 amide bonds. The molecule has 86 valence electrons. The summed E-state index contributed by atoms with van der Waals surface area (Å²) in [5, 5.41) is 2.60. The first kappa shape index (κ1) is 12.1. The molecule has 6 nitrogen and oxygen atoms in total. The van der Waals surface area contributed by atoms with Gasteiger partial charge in [0.1, 0.15) is 0 Å². The third-order valence-corrected chi connectivity index (χ3v) is 1.56. The lowest BCUT2D eigenvalue weighted by Crippen LogP contribution is -2.34. The second-order valence-electron chi connectivity index (χ2n) is 3.39. The average Bonchev–Trinajstić information content (AvgIpc) is 2.26. The van der Waals surface area contributed by atoms with Crippen LogP contribution in [-0.2, 0) is 9.53 Å². The summed E-state index contributed by atoms with van der Waals surface area (Å²) in [5.41, 5.74) is 0.0832. The van der Waals surface area contributed by atoms with Gasteiger partial charge in [-0.05, 0) is 13.8 Å². The molecular weight excluding hydrogens is 210 g/mol. The van der Waals surface area contributed by atoms with Crippen molar-refractivity contribution in [2.45, 2.75) is 19.9 Å². The van der Waals surface area contributed by atoms with Crippen LogP contribution in [0.15, 0.2) is 18.6 Å². The maximum Gasteiger partial charge on any atom is 0.359 e. The molecule has 0 saturated heterocycles. The summed E-state index contributed by atoms with van der Waals surface area (Å²) in [6, 6.07) is 0.0164. The van der Waals surface area contributed by atoms with Crippen molar-refractivity contribution in [1.82, 2.24) is 15.3 Å². The molecular formula is C10H13N3O3. The molecule has 0 radical (unpaired) electrons. The van der Waals surface area contributed by atoms with Crippen LogP contribution in [0.4, 0.5) is 0 Å². The van der Waals surface area contributed by atoms with E-state index in [1.807, 2.05) is 13.8 Å². The topological polar surface area (TPSA) is 81.2 Å². The Labute approximate surface area is 93.0 Å². The first-order valence-corrected chi connectivity index (χ1v) is 4.82. The van der Waals surface area contributed by atoms with Gasteiger partial charge in [0.2, 0.25) is 0 Å². The molecule has 0 saturated carbocycles. The van der Waals surface area contributed by atoms with E-state index < -0.39 is 5.97 Å². The van der Waals surface area contributed by atoms with Crippen molar-refractivity contribution in [3.05, 3.63) is 24.3 Å². The fourth-order valence-electron chi connectivity index (χ4n) is 0.973. The van der Waals surface area contributed by atoms with E-state index in [-0.39, 0.29) is 24.2 Å². The van der Waals surface area contributed by atoms with Crippen LogP contribution in [0.3, 0.4) is 0 Å². The Morgan fingerprint density at radius 3 is 2.75 bits per heavy atom. The zero-order valence-electron chi connectivity index (χ0n) is 9.14. The Bertz CT molecular complexity index is 365. The minimum absolute atomic E-state index is 0.0164. The van der Waals surface area contributed by atoms with Crippen LogP contribution in [0.2, 0.25) is 0 Å². The molecule has 1 aromatic rings. The molecule has 0 atom stereocenters. The van der Waals surface area contributed by atoms with Crippen LogP contribution < -0.4 is 5.32 Å². The van der Waals surface area contributed by atoms with Crippen molar-refractivity contribution >= 4 is 11.9 Å². The predicted octanol–water partition coefficient (Wildman–Crippen LogP) is 0.158. The zero-order chi connectivity index (χ0) is 12.0. The molecule has 0 fully saturated rings. The van der Waals surface area contributed by atoms with Crippen molar-refractivity contribution in [1.29, 1.82) is 0 Å². The highest BCUT2D eigenvalue weighted by atomic mass is 16.5. The van der Waals surface area contributed by atoms with Gasteiger partial charge in [0.05, 0.1) is 6.20 Å². The summed E-state index contributed by atoms with van der Waals surface area (Å²) in [7, 11) is 0. The van der Waals surface area contributed by atoms with Crippen LogP contribution in [0.1, 0.15) is 24.3 Å². The summed E-state index contributed by atoms with van der Waals surface area (Å²) >= 11 is 0. The third-order valence-electron chi connectivity index (χ3n) is 1.56. The van der Waals surface area contributed by atoms with Crippen LogP contribution in [0.5, 0.6) is 0 Å². The van der Waals surface area contributed by atoms with Crippen molar-refractivity contribution in [2.24, 2.45) is 0 Å². The van der Waals surface area contributed by atoms with E-state index in [0.717, 1.165) is 0 Å². The van der Waals surface area contributed by atoms with Crippen LogP contribution >= 0.6 is 0 Å². The Kier molecular flexibility index (Phi) is 4.38. The highest BCUT2D eigenvalue weighted by molar-refractivity contribution is 5.89. The quantitative estimate of drug-likeness (QED) is 0.735. The molecule has 0 unspecified atom stereocenters. The van der Waals surface area contributed by atoms with E-state index in [0.29, 0.717) is 0 Å². The summed E-state index contributed by atoms with van der Waals surface area (Å²) in [4.78, 5) is 30.0. The van der Waals surface area contributed by atoms with E-state index in [4.69, 9.17) is 4.74 Å². The molecule has 1 aromatic heterocycles. The Balaban J connectivity index is 2.39. The minimum Gasteiger partial charge on any atom is -0.451 e. The van der Waals surface area contributed by atoms with Gasteiger partial charge >= 0.3 is 5.97 Å². The van der Waals surface area contributed by atoms with Gasteiger partial charge in [-0.25, -0.2) is 9.78 Å². The minimum atomic E-state index is -0.660. The number of carbonyl (C=O) groups is 2. The SMILES string of the molecule is CC(C)NC(=O)COC(=O)c1cnccn1. The monoisotopic (exact) mass is 223 g/mol. The molecule has 16 heavy (non-hydrogen) atoms. The molecule has 0 spiro atoms. The number of esters is 1. The van der Waals surface area contributed by atoms with E-state index in [1.165, 1.54) is 18.6 Å². The van der Waals surface area contributed by atoms with Gasteiger partial charge in [0.25, 0.3) is 5.91 Å². The van der Waals surface area contributed by atoms with Crippen LogP contribution in [-0.4, -0.2) is 34.5 Å². The number of aromatic nitrogens is 2. The van der Waals surface area contributed by atoms with Gasteiger partial charge < -0.3 is 10.1 Å². The summed E-state index contributed by atoms with van der Waals surface area (Å²) in [5.74, 6) is -1.00. The molecule has 6 heteroatoms. The van der Waals surface area contributed by atoms with Gasteiger partial charge in [-0.3, -0.25) is 9.78 Å². The lowest BCUT2D eigenvalue weighted by Gasteiger charge is -2.08. The van der Waals surface area contributed by atoms with Crippen molar-refractivity contribution < 1.29 is 14.3 Å². The first-order chi connectivity index (χ1) is 7.59. The van der Waals surface area contributed by atoms with Crippen LogP contribution in [0, 0.1) is 0 Å². The van der Waals surface area contributed by atoms with E-state index in [1.54, 1.807) is 0 Å². The fourth-order valence-corrected chi connectivity index (χ4v) is 0.973. The summed E-state index contributed by atoms with van der Waals surface area (Å²) in [6.45, 7) is 3.33. The summed E-state index contributed by atoms with van der Waals surface area (Å²) < 4.78 is 4.74. The third kappa shape index (κ3) is 4.04. The second kappa shape index (κ2) is 5.79. The summed E-state index contributed by atoms with van der Waals surface area (Å²) in [6.07, 6.45) is 4.11. The Morgan fingerprint density at radius 1 is 1.44 bits per heavy atom. The first-order valence-electron chi connectivity index (χ1n) is 4.82.